The van der Waals surface area contributed by atoms with Gasteiger partial charge in [-0.1, -0.05) is 210 Å². The smallest absolute Gasteiger partial charge is 0.306 e. The van der Waals surface area contributed by atoms with Gasteiger partial charge in [0, 0.05) is 19.3 Å². The van der Waals surface area contributed by atoms with Crippen molar-refractivity contribution in [2.45, 2.75) is 271 Å². The summed E-state index contributed by atoms with van der Waals surface area (Å²) in [4.78, 5) is 38.0. The van der Waals surface area contributed by atoms with E-state index in [4.69, 9.17) is 14.2 Å². The Kier molecular flexibility index (Phi) is 49.4. The normalized spacial score (nSPS) is 12.5. The molecule has 0 aromatic carbocycles. The van der Waals surface area contributed by atoms with Crippen LogP contribution in [0.1, 0.15) is 265 Å². The van der Waals surface area contributed by atoms with Crippen molar-refractivity contribution in [1.29, 1.82) is 0 Å². The molecule has 0 spiro atoms. The molecule has 0 bridgehead atoms. The van der Waals surface area contributed by atoms with Crippen LogP contribution in [0, 0.1) is 0 Å². The zero-order valence-electron chi connectivity index (χ0n) is 41.6. The monoisotopic (exact) mass is 881 g/mol. The molecule has 6 heteroatoms. The van der Waals surface area contributed by atoms with Crippen molar-refractivity contribution in [2.24, 2.45) is 0 Å². The molecule has 0 radical (unpaired) electrons. The zero-order valence-corrected chi connectivity index (χ0v) is 41.6. The van der Waals surface area contributed by atoms with Gasteiger partial charge in [-0.2, -0.15) is 0 Å². The third-order valence-electron chi connectivity index (χ3n) is 11.5. The van der Waals surface area contributed by atoms with Crippen LogP contribution in [-0.2, 0) is 28.6 Å². The van der Waals surface area contributed by atoms with Gasteiger partial charge in [0.1, 0.15) is 13.2 Å². The van der Waals surface area contributed by atoms with E-state index in [1.54, 1.807) is 0 Å². The lowest BCUT2D eigenvalue weighted by Gasteiger charge is -2.18. The van der Waals surface area contributed by atoms with Crippen molar-refractivity contribution in [3.05, 3.63) is 60.8 Å². The summed E-state index contributed by atoms with van der Waals surface area (Å²) in [6, 6.07) is 0. The van der Waals surface area contributed by atoms with Gasteiger partial charge in [0.2, 0.25) is 0 Å². The largest absolute Gasteiger partial charge is 0.462 e. The van der Waals surface area contributed by atoms with Gasteiger partial charge in [0.25, 0.3) is 0 Å². The molecule has 1 atom stereocenters. The number of hydrogen-bond donors (Lipinski definition) is 0. The second-order valence-electron chi connectivity index (χ2n) is 17.8. The van der Waals surface area contributed by atoms with E-state index < -0.39 is 6.10 Å². The Hall–Kier alpha value is -2.89. The number of carbonyl (C=O) groups is 3. The third kappa shape index (κ3) is 50.0. The van der Waals surface area contributed by atoms with Crippen LogP contribution in [-0.4, -0.2) is 37.2 Å². The predicted octanol–water partition coefficient (Wildman–Crippen LogP) is 17.6. The van der Waals surface area contributed by atoms with E-state index in [1.165, 1.54) is 141 Å². The van der Waals surface area contributed by atoms with Crippen LogP contribution < -0.4 is 0 Å². The average Bonchev–Trinajstić information content (AvgIpc) is 3.28. The van der Waals surface area contributed by atoms with E-state index in [9.17, 15) is 14.4 Å². The van der Waals surface area contributed by atoms with E-state index >= 15 is 0 Å². The van der Waals surface area contributed by atoms with Crippen molar-refractivity contribution in [1.82, 2.24) is 0 Å². The first kappa shape index (κ1) is 60.1. The molecule has 0 aliphatic rings. The van der Waals surface area contributed by atoms with Crippen LogP contribution >= 0.6 is 0 Å². The first-order chi connectivity index (χ1) is 31.0. The molecular formula is C57H100O6. The van der Waals surface area contributed by atoms with Gasteiger partial charge in [-0.05, 0) is 96.3 Å². The number of rotatable bonds is 48. The van der Waals surface area contributed by atoms with E-state index in [-0.39, 0.29) is 31.1 Å². The molecule has 0 aliphatic heterocycles. The Morgan fingerprint density at radius 2 is 0.587 bits per heavy atom. The highest BCUT2D eigenvalue weighted by Crippen LogP contribution is 2.14. The number of ether oxygens (including phenoxy) is 3. The molecule has 1 unspecified atom stereocenters. The maximum absolute atomic E-state index is 12.8. The van der Waals surface area contributed by atoms with Gasteiger partial charge in [0.05, 0.1) is 0 Å². The summed E-state index contributed by atoms with van der Waals surface area (Å²) in [6.45, 7) is 6.57. The van der Waals surface area contributed by atoms with E-state index in [1.807, 2.05) is 0 Å². The predicted molar refractivity (Wildman–Crippen MR) is 270 cm³/mol. The highest BCUT2D eigenvalue weighted by Gasteiger charge is 2.19. The second kappa shape index (κ2) is 51.7. The quantitative estimate of drug-likeness (QED) is 0.0199. The van der Waals surface area contributed by atoms with E-state index in [0.717, 1.165) is 83.5 Å². The molecule has 364 valence electrons. The van der Waals surface area contributed by atoms with Gasteiger partial charge >= 0.3 is 17.9 Å². The minimum atomic E-state index is -0.787. The van der Waals surface area contributed by atoms with Crippen LogP contribution in [0.25, 0.3) is 0 Å². The standard InChI is InChI=1S/C57H100O6/c1-4-7-10-13-16-19-22-25-27-28-29-31-32-35-38-41-44-47-50-56(59)62-53-54(52-61-55(58)49-46-43-40-37-34-24-21-18-15-12-9-6-3)63-57(60)51-48-45-42-39-36-33-30-26-23-20-17-14-11-8-5-2/h18,20-23,25,27-29,31,54H,4-17,19,24,26,30,32-53H2,1-3H3/b21-18-,23-20-,25-22-,28-27-,31-29-. The van der Waals surface area contributed by atoms with Crippen LogP contribution in [0.2, 0.25) is 0 Å². The van der Waals surface area contributed by atoms with Gasteiger partial charge in [-0.3, -0.25) is 14.4 Å². The van der Waals surface area contributed by atoms with Gasteiger partial charge < -0.3 is 14.2 Å². The highest BCUT2D eigenvalue weighted by molar-refractivity contribution is 5.71. The molecular weight excluding hydrogens is 781 g/mol. The Morgan fingerprint density at radius 1 is 0.317 bits per heavy atom. The lowest BCUT2D eigenvalue weighted by Crippen LogP contribution is -2.30. The van der Waals surface area contributed by atoms with Gasteiger partial charge in [0.15, 0.2) is 6.10 Å². The molecule has 0 fully saturated rings. The molecule has 63 heavy (non-hydrogen) atoms. The second-order valence-corrected chi connectivity index (χ2v) is 17.8. The lowest BCUT2D eigenvalue weighted by atomic mass is 10.1. The van der Waals surface area contributed by atoms with Crippen molar-refractivity contribution in [3.63, 3.8) is 0 Å². The molecule has 0 N–H and O–H groups in total. The minimum absolute atomic E-state index is 0.0867. The van der Waals surface area contributed by atoms with Crippen molar-refractivity contribution in [3.8, 4) is 0 Å². The number of esters is 3. The molecule has 0 aromatic heterocycles. The highest BCUT2D eigenvalue weighted by atomic mass is 16.6. The van der Waals surface area contributed by atoms with E-state index in [2.05, 4.69) is 81.5 Å². The first-order valence-corrected chi connectivity index (χ1v) is 26.8. The van der Waals surface area contributed by atoms with Crippen molar-refractivity contribution in [2.75, 3.05) is 13.2 Å². The summed E-state index contributed by atoms with van der Waals surface area (Å²) in [7, 11) is 0. The Bertz CT molecular complexity index is 1150. The van der Waals surface area contributed by atoms with Gasteiger partial charge in [-0.25, -0.2) is 0 Å². The molecule has 0 heterocycles. The number of hydrogen-bond acceptors (Lipinski definition) is 6. The van der Waals surface area contributed by atoms with Crippen LogP contribution in [0.5, 0.6) is 0 Å². The molecule has 6 nitrogen and oxygen atoms in total. The topological polar surface area (TPSA) is 78.9 Å². The summed E-state index contributed by atoms with van der Waals surface area (Å²) in [6.07, 6.45) is 63.4. The molecule has 0 aromatic rings. The summed E-state index contributed by atoms with van der Waals surface area (Å²) >= 11 is 0. The SMILES string of the molecule is CCCCC/C=C\CCCCCCCC(=O)OCC(COC(=O)CCCCCCC\C=C/C=C\C=C/CCCCCCC)OC(=O)CCCCCCCCC/C=C\CCCCCC. The Labute approximate surface area is 390 Å². The Morgan fingerprint density at radius 3 is 0.968 bits per heavy atom. The molecule has 0 saturated heterocycles. The molecule has 0 aliphatic carbocycles. The fourth-order valence-electron chi connectivity index (χ4n) is 7.43. The van der Waals surface area contributed by atoms with Crippen molar-refractivity contribution >= 4 is 17.9 Å². The number of carbonyl (C=O) groups excluding carboxylic acids is 3. The number of allylic oxidation sites excluding steroid dienone is 10. The summed E-state index contributed by atoms with van der Waals surface area (Å²) in [5.41, 5.74) is 0. The third-order valence-corrected chi connectivity index (χ3v) is 11.5. The first-order valence-electron chi connectivity index (χ1n) is 26.8. The lowest BCUT2D eigenvalue weighted by molar-refractivity contribution is -0.167. The maximum Gasteiger partial charge on any atom is 0.306 e. The molecule has 0 rings (SSSR count). The fraction of sp³-hybridized carbons (Fsp3) is 0.772. The minimum Gasteiger partial charge on any atom is -0.462 e. The zero-order chi connectivity index (χ0) is 45.8. The fourth-order valence-corrected chi connectivity index (χ4v) is 7.43. The number of unbranched alkanes of at least 4 members (excludes halogenated alkanes) is 29. The van der Waals surface area contributed by atoms with Gasteiger partial charge in [-0.15, -0.1) is 0 Å². The summed E-state index contributed by atoms with van der Waals surface area (Å²) < 4.78 is 16.8. The van der Waals surface area contributed by atoms with E-state index in [0.29, 0.717) is 19.3 Å². The van der Waals surface area contributed by atoms with Crippen molar-refractivity contribution < 1.29 is 28.6 Å². The summed E-state index contributed by atoms with van der Waals surface area (Å²) in [5, 5.41) is 0. The van der Waals surface area contributed by atoms with Crippen LogP contribution in [0.4, 0.5) is 0 Å². The van der Waals surface area contributed by atoms with Crippen LogP contribution in [0.3, 0.4) is 0 Å². The summed E-state index contributed by atoms with van der Waals surface area (Å²) in [5.74, 6) is -0.914. The maximum atomic E-state index is 12.8. The molecule has 0 saturated carbocycles. The van der Waals surface area contributed by atoms with Crippen LogP contribution in [0.15, 0.2) is 60.8 Å². The average molecular weight is 881 g/mol. The Balaban J connectivity index is 4.42. The molecule has 0 amide bonds.